The molecule has 0 aliphatic heterocycles. The molecule has 84 valence electrons. The molecule has 0 aromatic heterocycles. The van der Waals surface area contributed by atoms with Gasteiger partial charge in [-0.2, -0.15) is 8.78 Å². The zero-order valence-corrected chi connectivity index (χ0v) is 8.89. The van der Waals surface area contributed by atoms with Gasteiger partial charge in [-0.3, -0.25) is 0 Å². The Kier molecular flexibility index (Phi) is 3.32. The summed E-state index contributed by atoms with van der Waals surface area (Å²) in [6.07, 6.45) is 0. The van der Waals surface area contributed by atoms with Crippen molar-refractivity contribution in [1.82, 2.24) is 0 Å². The predicted molar refractivity (Wildman–Crippen MR) is 50.7 cm³/mol. The largest absolute Gasteiger partial charge is 0.389 e. The van der Waals surface area contributed by atoms with E-state index in [1.165, 1.54) is 12.1 Å². The van der Waals surface area contributed by atoms with Crippen LogP contribution in [0.1, 0.15) is 0 Å². The Morgan fingerprint density at radius 3 is 2.13 bits per heavy atom. The first kappa shape index (κ1) is 12.4. The van der Waals surface area contributed by atoms with E-state index in [9.17, 15) is 17.2 Å². The molecule has 0 fully saturated rings. The molecule has 1 N–H and O–H groups in total. The maximum Gasteiger partial charge on any atom is 0.372 e. The van der Waals surface area contributed by atoms with Gasteiger partial charge in [0.1, 0.15) is 6.61 Å². The van der Waals surface area contributed by atoms with E-state index in [-0.39, 0.29) is 5.02 Å². The topological polar surface area (TPSA) is 54.4 Å². The molecule has 1 rings (SSSR count). The predicted octanol–water partition coefficient (Wildman–Crippen LogP) is 1.70. The van der Waals surface area contributed by atoms with E-state index >= 15 is 0 Å². The second kappa shape index (κ2) is 4.03. The molecule has 1 aromatic carbocycles. The summed E-state index contributed by atoms with van der Waals surface area (Å²) in [7, 11) is -4.85. The molecule has 0 atom stereocenters. The van der Waals surface area contributed by atoms with E-state index < -0.39 is 26.6 Å². The van der Waals surface area contributed by atoms with E-state index in [2.05, 4.69) is 0 Å². The second-order valence-corrected chi connectivity index (χ2v) is 5.26. The Hall–Kier alpha value is -0.720. The van der Waals surface area contributed by atoms with Gasteiger partial charge in [-0.05, 0) is 24.3 Å². The van der Waals surface area contributed by atoms with Crippen molar-refractivity contribution in [2.75, 3.05) is 6.61 Å². The van der Waals surface area contributed by atoms with Crippen LogP contribution in [0.4, 0.5) is 8.78 Å². The number of halogens is 3. The third-order valence-electron chi connectivity index (χ3n) is 1.70. The van der Waals surface area contributed by atoms with Crippen LogP contribution in [0.25, 0.3) is 0 Å². The van der Waals surface area contributed by atoms with Gasteiger partial charge in [0.15, 0.2) is 0 Å². The molecule has 1 aromatic rings. The molecule has 0 aliphatic rings. The average molecular weight is 257 g/mol. The van der Waals surface area contributed by atoms with Crippen molar-refractivity contribution in [3.05, 3.63) is 29.3 Å². The number of alkyl halides is 2. The monoisotopic (exact) mass is 256 g/mol. The highest BCUT2D eigenvalue weighted by atomic mass is 35.5. The van der Waals surface area contributed by atoms with E-state index in [1.807, 2.05) is 0 Å². The van der Waals surface area contributed by atoms with Gasteiger partial charge in [0.25, 0.3) is 0 Å². The number of hydrogen-bond acceptors (Lipinski definition) is 3. The first-order valence-electron chi connectivity index (χ1n) is 3.80. The molecule has 0 radical (unpaired) electrons. The Bertz CT molecular complexity index is 441. The van der Waals surface area contributed by atoms with E-state index in [0.29, 0.717) is 0 Å². The first-order chi connectivity index (χ1) is 6.81. The number of benzene rings is 1. The van der Waals surface area contributed by atoms with Gasteiger partial charge in [-0.25, -0.2) is 8.42 Å². The average Bonchev–Trinajstić information content (AvgIpc) is 2.18. The smallest absolute Gasteiger partial charge is 0.372 e. The highest BCUT2D eigenvalue weighted by Crippen LogP contribution is 2.28. The third-order valence-corrected chi connectivity index (χ3v) is 3.76. The van der Waals surface area contributed by atoms with Crippen LogP contribution in [0.3, 0.4) is 0 Å². The van der Waals surface area contributed by atoms with Crippen LogP contribution in [-0.4, -0.2) is 25.4 Å². The molecule has 0 saturated carbocycles. The Labute approximate surface area is 90.2 Å². The summed E-state index contributed by atoms with van der Waals surface area (Å²) in [5.41, 5.74) is 0. The van der Waals surface area contributed by atoms with Crippen molar-refractivity contribution >= 4 is 21.4 Å². The lowest BCUT2D eigenvalue weighted by molar-refractivity contribution is 0.0262. The minimum atomic E-state index is -4.85. The number of hydrogen-bond donors (Lipinski definition) is 1. The third kappa shape index (κ3) is 2.27. The summed E-state index contributed by atoms with van der Waals surface area (Å²) in [5.74, 6) is 0. The molecular weight excluding hydrogens is 250 g/mol. The van der Waals surface area contributed by atoms with Crippen molar-refractivity contribution in [3.63, 3.8) is 0 Å². The number of rotatable bonds is 3. The van der Waals surface area contributed by atoms with E-state index in [1.54, 1.807) is 0 Å². The maximum absolute atomic E-state index is 12.8. The van der Waals surface area contributed by atoms with Gasteiger partial charge in [0.05, 0.1) is 4.90 Å². The lowest BCUT2D eigenvalue weighted by Gasteiger charge is -2.13. The van der Waals surface area contributed by atoms with Gasteiger partial charge in [0.2, 0.25) is 9.84 Å². The highest BCUT2D eigenvalue weighted by molar-refractivity contribution is 7.92. The SMILES string of the molecule is O=S(=O)(c1ccc(Cl)cc1)C(F)(F)CO. The summed E-state index contributed by atoms with van der Waals surface area (Å²) in [5, 5.41) is 4.35. The van der Waals surface area contributed by atoms with Crippen LogP contribution >= 0.6 is 11.6 Å². The van der Waals surface area contributed by atoms with Crippen molar-refractivity contribution in [1.29, 1.82) is 0 Å². The minimum Gasteiger partial charge on any atom is -0.389 e. The highest BCUT2D eigenvalue weighted by Gasteiger charge is 2.45. The first-order valence-corrected chi connectivity index (χ1v) is 5.66. The summed E-state index contributed by atoms with van der Waals surface area (Å²) in [4.78, 5) is -0.578. The lowest BCUT2D eigenvalue weighted by Crippen LogP contribution is -2.32. The normalized spacial score (nSPS) is 12.8. The fourth-order valence-corrected chi connectivity index (χ4v) is 2.01. The quantitative estimate of drug-likeness (QED) is 0.896. The zero-order chi connectivity index (χ0) is 11.7. The van der Waals surface area contributed by atoms with Crippen molar-refractivity contribution in [2.45, 2.75) is 10.2 Å². The Morgan fingerprint density at radius 2 is 1.73 bits per heavy atom. The van der Waals surface area contributed by atoms with Gasteiger partial charge in [0, 0.05) is 5.02 Å². The van der Waals surface area contributed by atoms with Crippen molar-refractivity contribution in [3.8, 4) is 0 Å². The fraction of sp³-hybridized carbons (Fsp3) is 0.250. The molecule has 7 heteroatoms. The van der Waals surface area contributed by atoms with E-state index in [4.69, 9.17) is 16.7 Å². The van der Waals surface area contributed by atoms with Crippen LogP contribution in [0.15, 0.2) is 29.2 Å². The van der Waals surface area contributed by atoms with Gasteiger partial charge in [-0.15, -0.1) is 0 Å². The standard InChI is InChI=1S/C8H7ClF2O3S/c9-6-1-3-7(4-2-6)15(13,14)8(10,11)5-12/h1-4,12H,5H2. The minimum absolute atomic E-state index is 0.237. The molecule has 15 heavy (non-hydrogen) atoms. The molecule has 0 unspecified atom stereocenters. The van der Waals surface area contributed by atoms with Crippen LogP contribution in [0.2, 0.25) is 5.02 Å². The summed E-state index contributed by atoms with van der Waals surface area (Å²) in [6, 6.07) is 4.28. The maximum atomic E-state index is 12.8. The number of aliphatic hydroxyl groups excluding tert-OH is 1. The zero-order valence-electron chi connectivity index (χ0n) is 7.32. The molecule has 0 aliphatic carbocycles. The number of aliphatic hydroxyl groups is 1. The van der Waals surface area contributed by atoms with Gasteiger partial charge >= 0.3 is 5.25 Å². The molecule has 0 amide bonds. The number of sulfone groups is 1. The second-order valence-electron chi connectivity index (χ2n) is 2.75. The molecule has 0 saturated heterocycles. The van der Waals surface area contributed by atoms with Gasteiger partial charge < -0.3 is 5.11 Å². The Morgan fingerprint density at radius 1 is 1.27 bits per heavy atom. The molecule has 0 spiro atoms. The molecule has 0 bridgehead atoms. The molecule has 0 heterocycles. The van der Waals surface area contributed by atoms with Crippen LogP contribution in [-0.2, 0) is 9.84 Å². The van der Waals surface area contributed by atoms with Gasteiger partial charge in [-0.1, -0.05) is 11.6 Å². The molecular formula is C8H7ClF2O3S. The van der Waals surface area contributed by atoms with Crippen LogP contribution < -0.4 is 0 Å². The van der Waals surface area contributed by atoms with Crippen molar-refractivity contribution in [2.24, 2.45) is 0 Å². The Balaban J connectivity index is 3.24. The lowest BCUT2D eigenvalue weighted by atomic mass is 10.4. The van der Waals surface area contributed by atoms with Crippen LogP contribution in [0.5, 0.6) is 0 Å². The summed E-state index contributed by atoms with van der Waals surface area (Å²) >= 11 is 5.48. The van der Waals surface area contributed by atoms with Crippen LogP contribution in [0, 0.1) is 0 Å². The van der Waals surface area contributed by atoms with Crippen molar-refractivity contribution < 1.29 is 22.3 Å². The summed E-state index contributed by atoms with van der Waals surface area (Å²) in [6.45, 7) is -1.75. The fourth-order valence-electron chi connectivity index (χ4n) is 0.871. The molecule has 3 nitrogen and oxygen atoms in total. The summed E-state index contributed by atoms with van der Waals surface area (Å²) < 4.78 is 48.2. The van der Waals surface area contributed by atoms with E-state index in [0.717, 1.165) is 12.1 Å².